The Balaban J connectivity index is 3.08. The molecule has 1 unspecified atom stereocenters. The van der Waals surface area contributed by atoms with Crippen LogP contribution in [-0.4, -0.2) is 17.3 Å². The van der Waals surface area contributed by atoms with Crippen molar-refractivity contribution in [3.8, 4) is 0 Å². The van der Waals surface area contributed by atoms with E-state index in [2.05, 4.69) is 0 Å². The lowest BCUT2D eigenvalue weighted by Gasteiger charge is -2.29. The van der Waals surface area contributed by atoms with E-state index in [4.69, 9.17) is 5.73 Å². The summed E-state index contributed by atoms with van der Waals surface area (Å²) in [7, 11) is 0. The molecule has 0 amide bonds. The van der Waals surface area contributed by atoms with E-state index in [1.165, 1.54) is 5.56 Å². The second-order valence-corrected chi connectivity index (χ2v) is 4.30. The number of rotatable bonds is 3. The largest absolute Gasteiger partial charge is 0.390 e. The lowest BCUT2D eigenvalue weighted by Crippen LogP contribution is -2.34. The van der Waals surface area contributed by atoms with Crippen molar-refractivity contribution in [3.63, 3.8) is 0 Å². The maximum absolute atomic E-state index is 9.98. The smallest absolute Gasteiger partial charge is 0.0672 e. The van der Waals surface area contributed by atoms with Gasteiger partial charge in [-0.2, -0.15) is 0 Å². The maximum Gasteiger partial charge on any atom is 0.0672 e. The van der Waals surface area contributed by atoms with E-state index < -0.39 is 5.60 Å². The standard InChI is InChI=1S/C12H19NO/c1-9-6-4-5-7-10(9)11(8-13)12(2,3)14/h4-7,11,14H,8,13H2,1-3H3. The molecule has 0 spiro atoms. The lowest BCUT2D eigenvalue weighted by molar-refractivity contribution is 0.0523. The molecule has 2 heteroatoms. The highest BCUT2D eigenvalue weighted by Gasteiger charge is 2.27. The predicted octanol–water partition coefficient (Wildman–Crippen LogP) is 1.81. The number of hydrogen-bond donors (Lipinski definition) is 2. The molecule has 1 rings (SSSR count). The maximum atomic E-state index is 9.98. The quantitative estimate of drug-likeness (QED) is 0.769. The van der Waals surface area contributed by atoms with Crippen LogP contribution in [0.25, 0.3) is 0 Å². The first-order chi connectivity index (χ1) is 6.46. The van der Waals surface area contributed by atoms with E-state index in [-0.39, 0.29) is 5.92 Å². The van der Waals surface area contributed by atoms with Gasteiger partial charge in [0.25, 0.3) is 0 Å². The van der Waals surface area contributed by atoms with Crippen LogP contribution in [0.2, 0.25) is 0 Å². The molecule has 2 nitrogen and oxygen atoms in total. The molecule has 1 atom stereocenters. The second-order valence-electron chi connectivity index (χ2n) is 4.30. The summed E-state index contributed by atoms with van der Waals surface area (Å²) in [5.74, 6) is 0.00343. The van der Waals surface area contributed by atoms with Crippen molar-refractivity contribution in [3.05, 3.63) is 35.4 Å². The zero-order chi connectivity index (χ0) is 10.8. The normalized spacial score (nSPS) is 14.1. The first-order valence-corrected chi connectivity index (χ1v) is 4.94. The van der Waals surface area contributed by atoms with E-state index in [0.717, 1.165) is 5.56 Å². The molecule has 0 fully saturated rings. The van der Waals surface area contributed by atoms with Crippen molar-refractivity contribution in [1.82, 2.24) is 0 Å². The number of nitrogens with two attached hydrogens (primary N) is 1. The molecule has 0 bridgehead atoms. The second kappa shape index (κ2) is 4.11. The number of benzene rings is 1. The molecule has 0 radical (unpaired) electrons. The first kappa shape index (κ1) is 11.2. The highest BCUT2D eigenvalue weighted by molar-refractivity contribution is 5.31. The van der Waals surface area contributed by atoms with E-state index >= 15 is 0 Å². The fourth-order valence-electron chi connectivity index (χ4n) is 1.77. The van der Waals surface area contributed by atoms with Crippen LogP contribution in [0, 0.1) is 6.92 Å². The van der Waals surface area contributed by atoms with Crippen LogP contribution in [0.15, 0.2) is 24.3 Å². The van der Waals surface area contributed by atoms with Crippen LogP contribution in [0.3, 0.4) is 0 Å². The molecule has 0 saturated carbocycles. The van der Waals surface area contributed by atoms with Crippen LogP contribution in [-0.2, 0) is 0 Å². The SMILES string of the molecule is Cc1ccccc1C(CN)C(C)(C)O. The van der Waals surface area contributed by atoms with E-state index in [1.54, 1.807) is 13.8 Å². The van der Waals surface area contributed by atoms with Gasteiger partial charge in [0, 0.05) is 12.5 Å². The molecule has 1 aromatic rings. The fraction of sp³-hybridized carbons (Fsp3) is 0.500. The monoisotopic (exact) mass is 193 g/mol. The fourth-order valence-corrected chi connectivity index (χ4v) is 1.77. The Kier molecular flexibility index (Phi) is 3.29. The summed E-state index contributed by atoms with van der Waals surface area (Å²) in [4.78, 5) is 0. The minimum Gasteiger partial charge on any atom is -0.390 e. The van der Waals surface area contributed by atoms with Gasteiger partial charge in [-0.1, -0.05) is 24.3 Å². The predicted molar refractivity (Wildman–Crippen MR) is 59.3 cm³/mol. The van der Waals surface area contributed by atoms with Crippen LogP contribution in [0.1, 0.15) is 30.9 Å². The highest BCUT2D eigenvalue weighted by atomic mass is 16.3. The number of aliphatic hydroxyl groups is 1. The van der Waals surface area contributed by atoms with E-state index in [0.29, 0.717) is 6.54 Å². The summed E-state index contributed by atoms with van der Waals surface area (Å²) in [5.41, 5.74) is 7.26. The van der Waals surface area contributed by atoms with Crippen molar-refractivity contribution in [2.24, 2.45) is 5.73 Å². The topological polar surface area (TPSA) is 46.2 Å². The Morgan fingerprint density at radius 2 is 1.93 bits per heavy atom. The van der Waals surface area contributed by atoms with Gasteiger partial charge in [0.1, 0.15) is 0 Å². The molecule has 0 aliphatic rings. The summed E-state index contributed by atoms with van der Waals surface area (Å²) in [5, 5.41) is 9.98. The molecule has 0 heterocycles. The van der Waals surface area contributed by atoms with Gasteiger partial charge >= 0.3 is 0 Å². The Hall–Kier alpha value is -0.860. The Bertz CT molecular complexity index is 301. The van der Waals surface area contributed by atoms with Gasteiger partial charge in [-0.05, 0) is 31.9 Å². The van der Waals surface area contributed by atoms with Gasteiger partial charge < -0.3 is 10.8 Å². The summed E-state index contributed by atoms with van der Waals surface area (Å²) < 4.78 is 0. The molecular weight excluding hydrogens is 174 g/mol. The van der Waals surface area contributed by atoms with E-state index in [1.807, 2.05) is 31.2 Å². The number of hydrogen-bond acceptors (Lipinski definition) is 2. The molecule has 3 N–H and O–H groups in total. The van der Waals surface area contributed by atoms with E-state index in [9.17, 15) is 5.11 Å². The third-order valence-corrected chi connectivity index (χ3v) is 2.65. The molecular formula is C12H19NO. The van der Waals surface area contributed by atoms with Crippen molar-refractivity contribution >= 4 is 0 Å². The van der Waals surface area contributed by atoms with Crippen LogP contribution in [0.5, 0.6) is 0 Å². The Morgan fingerprint density at radius 3 is 2.36 bits per heavy atom. The van der Waals surface area contributed by atoms with Crippen LogP contribution >= 0.6 is 0 Å². The summed E-state index contributed by atoms with van der Waals surface area (Å²) >= 11 is 0. The average molecular weight is 193 g/mol. The average Bonchev–Trinajstić information content (AvgIpc) is 2.07. The van der Waals surface area contributed by atoms with Gasteiger partial charge in [-0.15, -0.1) is 0 Å². The molecule has 0 aliphatic heterocycles. The summed E-state index contributed by atoms with van der Waals surface area (Å²) in [6, 6.07) is 8.06. The molecule has 0 aliphatic carbocycles. The Labute approximate surface area is 85.8 Å². The Morgan fingerprint density at radius 1 is 1.36 bits per heavy atom. The minimum atomic E-state index is -0.763. The molecule has 1 aromatic carbocycles. The van der Waals surface area contributed by atoms with Crippen molar-refractivity contribution in [2.45, 2.75) is 32.3 Å². The third kappa shape index (κ3) is 2.34. The zero-order valence-electron chi connectivity index (χ0n) is 9.12. The molecule has 14 heavy (non-hydrogen) atoms. The van der Waals surface area contributed by atoms with Crippen LogP contribution in [0.4, 0.5) is 0 Å². The highest BCUT2D eigenvalue weighted by Crippen LogP contribution is 2.28. The van der Waals surface area contributed by atoms with Gasteiger partial charge in [0.05, 0.1) is 5.60 Å². The van der Waals surface area contributed by atoms with Gasteiger partial charge in [-0.25, -0.2) is 0 Å². The summed E-state index contributed by atoms with van der Waals surface area (Å²) in [6.07, 6.45) is 0. The van der Waals surface area contributed by atoms with Crippen molar-refractivity contribution in [2.75, 3.05) is 6.54 Å². The van der Waals surface area contributed by atoms with Gasteiger partial charge in [0.15, 0.2) is 0 Å². The van der Waals surface area contributed by atoms with Gasteiger partial charge in [-0.3, -0.25) is 0 Å². The molecule has 0 aromatic heterocycles. The molecule has 0 saturated heterocycles. The zero-order valence-corrected chi connectivity index (χ0v) is 9.12. The van der Waals surface area contributed by atoms with Gasteiger partial charge in [0.2, 0.25) is 0 Å². The molecule has 78 valence electrons. The van der Waals surface area contributed by atoms with Crippen LogP contribution < -0.4 is 5.73 Å². The lowest BCUT2D eigenvalue weighted by atomic mass is 9.83. The first-order valence-electron chi connectivity index (χ1n) is 4.94. The van der Waals surface area contributed by atoms with Crippen molar-refractivity contribution in [1.29, 1.82) is 0 Å². The van der Waals surface area contributed by atoms with Crippen molar-refractivity contribution < 1.29 is 5.11 Å². The third-order valence-electron chi connectivity index (χ3n) is 2.65. The summed E-state index contributed by atoms with van der Waals surface area (Å²) in [6.45, 7) is 6.12. The minimum absolute atomic E-state index is 0.00343. The number of aryl methyl sites for hydroxylation is 1.